The van der Waals surface area contributed by atoms with Gasteiger partial charge in [-0.1, -0.05) is 6.07 Å². The van der Waals surface area contributed by atoms with E-state index in [1.807, 2.05) is 32.9 Å². The summed E-state index contributed by atoms with van der Waals surface area (Å²) in [4.78, 5) is 24.0. The molecule has 98 valence electrons. The molecule has 2 amide bonds. The van der Waals surface area contributed by atoms with Crippen LogP contribution in [0.25, 0.3) is 0 Å². The van der Waals surface area contributed by atoms with E-state index in [1.165, 1.54) is 0 Å². The smallest absolute Gasteiger partial charge is 0.252 e. The van der Waals surface area contributed by atoms with Gasteiger partial charge in [-0.2, -0.15) is 0 Å². The van der Waals surface area contributed by atoms with Gasteiger partial charge in [0, 0.05) is 16.5 Å². The Hall–Kier alpha value is -1.49. The van der Waals surface area contributed by atoms with Gasteiger partial charge in [-0.3, -0.25) is 9.59 Å². The SMILES string of the molecule is Cc1ccc(S)cc1C(=O)NCC(=O)NC(C)C. The zero-order valence-electron chi connectivity index (χ0n) is 10.8. The molecule has 0 saturated carbocycles. The monoisotopic (exact) mass is 266 g/mol. The summed E-state index contributed by atoms with van der Waals surface area (Å²) >= 11 is 4.19. The molecule has 0 heterocycles. The van der Waals surface area contributed by atoms with Crippen molar-refractivity contribution < 1.29 is 9.59 Å². The minimum absolute atomic E-state index is 0.0206. The summed E-state index contributed by atoms with van der Waals surface area (Å²) in [6.07, 6.45) is 0. The molecule has 0 spiro atoms. The molecule has 0 fully saturated rings. The summed E-state index contributed by atoms with van der Waals surface area (Å²) in [7, 11) is 0. The van der Waals surface area contributed by atoms with E-state index in [1.54, 1.807) is 6.07 Å². The quantitative estimate of drug-likeness (QED) is 0.724. The van der Waals surface area contributed by atoms with E-state index in [-0.39, 0.29) is 24.4 Å². The van der Waals surface area contributed by atoms with Gasteiger partial charge in [-0.15, -0.1) is 12.6 Å². The van der Waals surface area contributed by atoms with Crippen molar-refractivity contribution in [3.8, 4) is 0 Å². The largest absolute Gasteiger partial charge is 0.352 e. The Kier molecular flexibility index (Phi) is 5.22. The summed E-state index contributed by atoms with van der Waals surface area (Å²) in [6.45, 7) is 5.56. The highest BCUT2D eigenvalue weighted by Crippen LogP contribution is 2.13. The second-order valence-corrected chi connectivity index (χ2v) is 4.92. The molecule has 0 bridgehead atoms. The summed E-state index contributed by atoms with van der Waals surface area (Å²) in [5.74, 6) is -0.458. The highest BCUT2D eigenvalue weighted by atomic mass is 32.1. The normalized spacial score (nSPS) is 10.3. The van der Waals surface area contributed by atoms with Crippen molar-refractivity contribution in [3.63, 3.8) is 0 Å². The number of nitrogens with one attached hydrogen (secondary N) is 2. The number of amides is 2. The predicted octanol–water partition coefficient (Wildman–Crippen LogP) is 1.54. The number of rotatable bonds is 4. The van der Waals surface area contributed by atoms with Gasteiger partial charge < -0.3 is 10.6 Å². The van der Waals surface area contributed by atoms with Gasteiger partial charge in [0.25, 0.3) is 5.91 Å². The summed E-state index contributed by atoms with van der Waals surface area (Å²) < 4.78 is 0. The Balaban J connectivity index is 2.60. The molecule has 4 nitrogen and oxygen atoms in total. The first-order valence-electron chi connectivity index (χ1n) is 5.77. The Morgan fingerprint density at radius 2 is 2.00 bits per heavy atom. The maximum atomic E-state index is 11.9. The Morgan fingerprint density at radius 3 is 2.61 bits per heavy atom. The van der Waals surface area contributed by atoms with Crippen molar-refractivity contribution in [1.82, 2.24) is 10.6 Å². The molecular formula is C13H18N2O2S. The molecule has 1 rings (SSSR count). The fourth-order valence-corrected chi connectivity index (χ4v) is 1.69. The van der Waals surface area contributed by atoms with Crippen LogP contribution >= 0.6 is 12.6 Å². The molecule has 0 aliphatic rings. The van der Waals surface area contributed by atoms with Crippen LogP contribution in [0.15, 0.2) is 23.1 Å². The highest BCUT2D eigenvalue weighted by Gasteiger charge is 2.11. The third-order valence-corrected chi connectivity index (χ3v) is 2.60. The number of carbonyl (C=O) groups is 2. The van der Waals surface area contributed by atoms with Crippen LogP contribution in [0.5, 0.6) is 0 Å². The fraction of sp³-hybridized carbons (Fsp3) is 0.385. The van der Waals surface area contributed by atoms with Crippen molar-refractivity contribution in [2.75, 3.05) is 6.54 Å². The number of benzene rings is 1. The lowest BCUT2D eigenvalue weighted by Crippen LogP contribution is -2.39. The van der Waals surface area contributed by atoms with Crippen molar-refractivity contribution in [2.45, 2.75) is 31.7 Å². The van der Waals surface area contributed by atoms with Gasteiger partial charge in [0.2, 0.25) is 5.91 Å². The first kappa shape index (κ1) is 14.6. The molecule has 2 N–H and O–H groups in total. The summed E-state index contributed by atoms with van der Waals surface area (Å²) in [5, 5.41) is 5.29. The molecule has 18 heavy (non-hydrogen) atoms. The Labute approximate surface area is 113 Å². The zero-order valence-corrected chi connectivity index (χ0v) is 11.7. The second-order valence-electron chi connectivity index (χ2n) is 4.40. The zero-order chi connectivity index (χ0) is 13.7. The molecule has 5 heteroatoms. The standard InChI is InChI=1S/C13H18N2O2S/c1-8(2)15-12(16)7-14-13(17)11-6-10(18)5-4-9(11)3/h4-6,8,18H,7H2,1-3H3,(H,14,17)(H,15,16). The number of hydrogen-bond acceptors (Lipinski definition) is 3. The number of aryl methyl sites for hydroxylation is 1. The van der Waals surface area contributed by atoms with E-state index in [0.29, 0.717) is 5.56 Å². The maximum absolute atomic E-state index is 11.9. The van der Waals surface area contributed by atoms with Crippen LogP contribution in [-0.2, 0) is 4.79 Å². The summed E-state index contributed by atoms with van der Waals surface area (Å²) in [5.41, 5.74) is 1.40. The van der Waals surface area contributed by atoms with E-state index in [2.05, 4.69) is 23.3 Å². The van der Waals surface area contributed by atoms with Crippen LogP contribution < -0.4 is 10.6 Å². The van der Waals surface area contributed by atoms with Crippen LogP contribution in [0.4, 0.5) is 0 Å². The van der Waals surface area contributed by atoms with Gasteiger partial charge in [-0.25, -0.2) is 0 Å². The third kappa shape index (κ3) is 4.41. The van der Waals surface area contributed by atoms with Crippen LogP contribution in [-0.4, -0.2) is 24.4 Å². The fourth-order valence-electron chi connectivity index (χ4n) is 1.48. The van der Waals surface area contributed by atoms with Gasteiger partial charge >= 0.3 is 0 Å². The van der Waals surface area contributed by atoms with Crippen LogP contribution in [0.3, 0.4) is 0 Å². The van der Waals surface area contributed by atoms with E-state index in [0.717, 1.165) is 10.5 Å². The van der Waals surface area contributed by atoms with Crippen molar-refractivity contribution in [1.29, 1.82) is 0 Å². The third-order valence-electron chi connectivity index (χ3n) is 2.32. The van der Waals surface area contributed by atoms with Crippen molar-refractivity contribution in [2.24, 2.45) is 0 Å². The molecule has 0 aromatic heterocycles. The molecule has 1 aromatic carbocycles. The Morgan fingerprint density at radius 1 is 1.33 bits per heavy atom. The summed E-state index contributed by atoms with van der Waals surface area (Å²) in [6, 6.07) is 5.40. The Bertz CT molecular complexity index is 458. The lowest BCUT2D eigenvalue weighted by atomic mass is 10.1. The van der Waals surface area contributed by atoms with Crippen LogP contribution in [0.2, 0.25) is 0 Å². The van der Waals surface area contributed by atoms with E-state index in [9.17, 15) is 9.59 Å². The minimum atomic E-state index is -0.262. The lowest BCUT2D eigenvalue weighted by molar-refractivity contribution is -0.120. The molecule has 0 unspecified atom stereocenters. The lowest BCUT2D eigenvalue weighted by Gasteiger charge is -2.10. The maximum Gasteiger partial charge on any atom is 0.252 e. The number of carbonyl (C=O) groups excluding carboxylic acids is 2. The molecule has 0 saturated heterocycles. The molecule has 1 aromatic rings. The average Bonchev–Trinajstić information content (AvgIpc) is 2.28. The molecule has 0 aliphatic carbocycles. The number of hydrogen-bond donors (Lipinski definition) is 3. The first-order valence-corrected chi connectivity index (χ1v) is 6.22. The van der Waals surface area contributed by atoms with Crippen molar-refractivity contribution >= 4 is 24.4 Å². The minimum Gasteiger partial charge on any atom is -0.352 e. The highest BCUT2D eigenvalue weighted by molar-refractivity contribution is 7.80. The average molecular weight is 266 g/mol. The molecule has 0 aliphatic heterocycles. The van der Waals surface area contributed by atoms with Crippen molar-refractivity contribution in [3.05, 3.63) is 29.3 Å². The molecule has 0 radical (unpaired) electrons. The van der Waals surface area contributed by atoms with Gasteiger partial charge in [0.1, 0.15) is 0 Å². The van der Waals surface area contributed by atoms with Gasteiger partial charge in [0.15, 0.2) is 0 Å². The van der Waals surface area contributed by atoms with E-state index in [4.69, 9.17) is 0 Å². The second kappa shape index (κ2) is 6.44. The first-order chi connectivity index (χ1) is 8.40. The van der Waals surface area contributed by atoms with Crippen LogP contribution in [0.1, 0.15) is 29.8 Å². The topological polar surface area (TPSA) is 58.2 Å². The van der Waals surface area contributed by atoms with Gasteiger partial charge in [-0.05, 0) is 38.5 Å². The number of thiol groups is 1. The molecule has 0 atom stereocenters. The van der Waals surface area contributed by atoms with E-state index < -0.39 is 0 Å². The van der Waals surface area contributed by atoms with Gasteiger partial charge in [0.05, 0.1) is 6.54 Å². The van der Waals surface area contributed by atoms with E-state index >= 15 is 0 Å². The predicted molar refractivity (Wildman–Crippen MR) is 74.0 cm³/mol. The van der Waals surface area contributed by atoms with Crippen LogP contribution in [0, 0.1) is 6.92 Å². The molecular weight excluding hydrogens is 248 g/mol.